The number of nitrogens with one attached hydrogen (secondary N) is 1. The van der Waals surface area contributed by atoms with Crippen LogP contribution in [0.15, 0.2) is 41.8 Å². The maximum absolute atomic E-state index is 11.8. The molecule has 0 aliphatic heterocycles. The van der Waals surface area contributed by atoms with E-state index in [2.05, 4.69) is 11.9 Å². The molecule has 0 atom stereocenters. The molecule has 0 unspecified atom stereocenters. The molecule has 0 heterocycles. The van der Waals surface area contributed by atoms with E-state index in [1.807, 2.05) is 37.3 Å². The molecular formula is C13H17NOS. The SMILES string of the molecule is C=CCSc1ccccc1C(=O)NCCC. The summed E-state index contributed by atoms with van der Waals surface area (Å²) in [7, 11) is 0. The molecule has 1 rings (SSSR count). The summed E-state index contributed by atoms with van der Waals surface area (Å²) in [4.78, 5) is 12.8. The standard InChI is InChI=1S/C13H17NOS/c1-3-9-14-13(15)11-7-5-6-8-12(11)16-10-4-2/h4-8H,2-3,9-10H2,1H3,(H,14,15). The smallest absolute Gasteiger partial charge is 0.252 e. The Morgan fingerprint density at radius 1 is 1.50 bits per heavy atom. The Kier molecular flexibility index (Phi) is 5.72. The summed E-state index contributed by atoms with van der Waals surface area (Å²) in [6, 6.07) is 7.66. The summed E-state index contributed by atoms with van der Waals surface area (Å²) < 4.78 is 0. The fourth-order valence-corrected chi connectivity index (χ4v) is 2.05. The number of rotatable bonds is 6. The summed E-state index contributed by atoms with van der Waals surface area (Å²) in [5.41, 5.74) is 0.753. The molecule has 0 saturated heterocycles. The van der Waals surface area contributed by atoms with E-state index in [-0.39, 0.29) is 5.91 Å². The van der Waals surface area contributed by atoms with Crippen LogP contribution in [0.1, 0.15) is 23.7 Å². The van der Waals surface area contributed by atoms with E-state index in [9.17, 15) is 4.79 Å². The molecule has 0 radical (unpaired) electrons. The third kappa shape index (κ3) is 3.74. The maximum Gasteiger partial charge on any atom is 0.252 e. The van der Waals surface area contributed by atoms with Gasteiger partial charge in [0, 0.05) is 17.2 Å². The molecule has 3 heteroatoms. The van der Waals surface area contributed by atoms with E-state index in [1.54, 1.807) is 11.8 Å². The molecule has 1 aromatic carbocycles. The highest BCUT2D eigenvalue weighted by Gasteiger charge is 2.09. The van der Waals surface area contributed by atoms with E-state index < -0.39 is 0 Å². The molecule has 86 valence electrons. The van der Waals surface area contributed by atoms with Gasteiger partial charge < -0.3 is 5.32 Å². The van der Waals surface area contributed by atoms with E-state index in [0.717, 1.165) is 29.2 Å². The largest absolute Gasteiger partial charge is 0.352 e. The van der Waals surface area contributed by atoms with Crippen LogP contribution in [0, 0.1) is 0 Å². The van der Waals surface area contributed by atoms with Crippen molar-refractivity contribution in [3.63, 3.8) is 0 Å². The quantitative estimate of drug-likeness (QED) is 0.606. The van der Waals surface area contributed by atoms with Gasteiger partial charge in [0.2, 0.25) is 0 Å². The van der Waals surface area contributed by atoms with Crippen molar-refractivity contribution in [3.05, 3.63) is 42.5 Å². The van der Waals surface area contributed by atoms with Crippen LogP contribution in [-0.2, 0) is 0 Å². The van der Waals surface area contributed by atoms with Crippen molar-refractivity contribution in [1.29, 1.82) is 0 Å². The van der Waals surface area contributed by atoms with Gasteiger partial charge in [-0.1, -0.05) is 25.1 Å². The van der Waals surface area contributed by atoms with Crippen molar-refractivity contribution in [2.24, 2.45) is 0 Å². The van der Waals surface area contributed by atoms with Crippen LogP contribution < -0.4 is 5.32 Å². The number of carbonyl (C=O) groups is 1. The lowest BCUT2D eigenvalue weighted by Crippen LogP contribution is -2.24. The molecule has 0 bridgehead atoms. The molecule has 1 aromatic rings. The number of amides is 1. The second-order valence-corrected chi connectivity index (χ2v) is 4.41. The van der Waals surface area contributed by atoms with Gasteiger partial charge in [-0.05, 0) is 18.6 Å². The first-order chi connectivity index (χ1) is 7.79. The van der Waals surface area contributed by atoms with E-state index in [1.165, 1.54) is 0 Å². The first-order valence-corrected chi connectivity index (χ1v) is 6.39. The van der Waals surface area contributed by atoms with Crippen molar-refractivity contribution in [3.8, 4) is 0 Å². The molecule has 0 fully saturated rings. The number of hydrogen-bond acceptors (Lipinski definition) is 2. The summed E-state index contributed by atoms with van der Waals surface area (Å²) in [5, 5.41) is 2.89. The number of hydrogen-bond donors (Lipinski definition) is 1. The van der Waals surface area contributed by atoms with Gasteiger partial charge in [-0.15, -0.1) is 18.3 Å². The summed E-state index contributed by atoms with van der Waals surface area (Å²) in [6.07, 6.45) is 2.79. The topological polar surface area (TPSA) is 29.1 Å². The first kappa shape index (κ1) is 12.8. The Labute approximate surface area is 101 Å². The fourth-order valence-electron chi connectivity index (χ4n) is 1.26. The monoisotopic (exact) mass is 235 g/mol. The summed E-state index contributed by atoms with van der Waals surface area (Å²) in [6.45, 7) is 6.44. The minimum Gasteiger partial charge on any atom is -0.352 e. The van der Waals surface area contributed by atoms with Crippen LogP contribution in [0.25, 0.3) is 0 Å². The third-order valence-corrected chi connectivity index (χ3v) is 3.09. The van der Waals surface area contributed by atoms with Gasteiger partial charge in [0.15, 0.2) is 0 Å². The lowest BCUT2D eigenvalue weighted by Gasteiger charge is -2.08. The molecule has 1 amide bonds. The van der Waals surface area contributed by atoms with Gasteiger partial charge >= 0.3 is 0 Å². The zero-order valence-corrected chi connectivity index (χ0v) is 10.3. The van der Waals surface area contributed by atoms with E-state index in [4.69, 9.17) is 0 Å². The molecule has 0 aliphatic carbocycles. The lowest BCUT2D eigenvalue weighted by molar-refractivity contribution is 0.0951. The van der Waals surface area contributed by atoms with Crippen molar-refractivity contribution in [1.82, 2.24) is 5.32 Å². The Morgan fingerprint density at radius 3 is 2.94 bits per heavy atom. The average Bonchev–Trinajstić information content (AvgIpc) is 2.33. The van der Waals surface area contributed by atoms with Gasteiger partial charge in [-0.3, -0.25) is 4.79 Å². The number of benzene rings is 1. The molecule has 1 N–H and O–H groups in total. The molecule has 0 aromatic heterocycles. The third-order valence-electron chi connectivity index (χ3n) is 2.02. The van der Waals surface area contributed by atoms with Crippen molar-refractivity contribution < 1.29 is 4.79 Å². The fraction of sp³-hybridized carbons (Fsp3) is 0.308. The van der Waals surface area contributed by atoms with Gasteiger partial charge in [-0.2, -0.15) is 0 Å². The Hall–Kier alpha value is -1.22. The Bertz CT molecular complexity index is 363. The van der Waals surface area contributed by atoms with Gasteiger partial charge in [-0.25, -0.2) is 0 Å². The lowest BCUT2D eigenvalue weighted by atomic mass is 10.2. The second kappa shape index (κ2) is 7.12. The van der Waals surface area contributed by atoms with Crippen LogP contribution >= 0.6 is 11.8 Å². The predicted molar refractivity (Wildman–Crippen MR) is 70.0 cm³/mol. The number of carbonyl (C=O) groups excluding carboxylic acids is 1. The molecule has 0 spiro atoms. The first-order valence-electron chi connectivity index (χ1n) is 5.40. The molecule has 0 saturated carbocycles. The van der Waals surface area contributed by atoms with Gasteiger partial charge in [0.05, 0.1) is 5.56 Å². The molecule has 16 heavy (non-hydrogen) atoms. The van der Waals surface area contributed by atoms with Crippen molar-refractivity contribution in [2.75, 3.05) is 12.3 Å². The zero-order valence-electron chi connectivity index (χ0n) is 9.53. The molecule has 2 nitrogen and oxygen atoms in total. The number of thioether (sulfide) groups is 1. The average molecular weight is 235 g/mol. The highest BCUT2D eigenvalue weighted by Crippen LogP contribution is 2.22. The summed E-state index contributed by atoms with van der Waals surface area (Å²) in [5.74, 6) is 0.826. The van der Waals surface area contributed by atoms with Gasteiger partial charge in [0.25, 0.3) is 5.91 Å². The minimum atomic E-state index is 0.00834. The molecule has 0 aliphatic rings. The highest BCUT2D eigenvalue weighted by molar-refractivity contribution is 7.99. The summed E-state index contributed by atoms with van der Waals surface area (Å²) >= 11 is 1.63. The van der Waals surface area contributed by atoms with E-state index in [0.29, 0.717) is 0 Å². The predicted octanol–water partition coefficient (Wildman–Crippen LogP) is 3.10. The highest BCUT2D eigenvalue weighted by atomic mass is 32.2. The Morgan fingerprint density at radius 2 is 2.25 bits per heavy atom. The van der Waals surface area contributed by atoms with Crippen LogP contribution in [-0.4, -0.2) is 18.2 Å². The van der Waals surface area contributed by atoms with E-state index >= 15 is 0 Å². The van der Waals surface area contributed by atoms with Crippen molar-refractivity contribution >= 4 is 17.7 Å². The normalized spacial score (nSPS) is 9.81. The second-order valence-electron chi connectivity index (χ2n) is 3.35. The molecular weight excluding hydrogens is 218 g/mol. The maximum atomic E-state index is 11.8. The Balaban J connectivity index is 2.76. The van der Waals surface area contributed by atoms with Crippen LogP contribution in [0.2, 0.25) is 0 Å². The van der Waals surface area contributed by atoms with Crippen molar-refractivity contribution in [2.45, 2.75) is 18.2 Å². The van der Waals surface area contributed by atoms with Crippen LogP contribution in [0.5, 0.6) is 0 Å². The van der Waals surface area contributed by atoms with Gasteiger partial charge in [0.1, 0.15) is 0 Å². The minimum absolute atomic E-state index is 0.00834. The van der Waals surface area contributed by atoms with Crippen LogP contribution in [0.3, 0.4) is 0 Å². The zero-order chi connectivity index (χ0) is 11.8. The van der Waals surface area contributed by atoms with Crippen LogP contribution in [0.4, 0.5) is 0 Å².